The fourth-order valence-electron chi connectivity index (χ4n) is 3.46. The molecular weight excluding hydrogens is 260 g/mol. The average Bonchev–Trinajstić information content (AvgIpc) is 3.08. The quantitative estimate of drug-likeness (QED) is 0.770. The lowest BCUT2D eigenvalue weighted by Crippen LogP contribution is -2.30. The predicted molar refractivity (Wildman–Crippen MR) is 85.5 cm³/mol. The maximum absolute atomic E-state index is 11.5. The summed E-state index contributed by atoms with van der Waals surface area (Å²) in [6, 6.07) is 6.32. The minimum atomic E-state index is -0.297. The van der Waals surface area contributed by atoms with E-state index in [9.17, 15) is 4.79 Å². The standard InChI is InChI=1S/C19H24O2/c1-12(2)16-10-18(4,5)21-17-8-14(6-7-15(16)17)19(11-20)9-13(19)3/h6-8,10-13H,9H2,1-5H3. The first kappa shape index (κ1) is 14.4. The number of allylic oxidation sites excluding steroid dienone is 1. The molecular formula is C19H24O2. The minimum Gasteiger partial charge on any atom is -0.483 e. The molecule has 2 unspecified atom stereocenters. The first-order chi connectivity index (χ1) is 9.79. The Morgan fingerprint density at radius 2 is 2.00 bits per heavy atom. The van der Waals surface area contributed by atoms with Crippen molar-refractivity contribution < 1.29 is 9.53 Å². The molecule has 1 aliphatic heterocycles. The Balaban J connectivity index is 2.08. The number of benzene rings is 1. The molecule has 1 saturated carbocycles. The van der Waals surface area contributed by atoms with Crippen LogP contribution in [-0.2, 0) is 10.2 Å². The molecule has 21 heavy (non-hydrogen) atoms. The Bertz CT molecular complexity index is 624. The normalized spacial score (nSPS) is 29.4. The van der Waals surface area contributed by atoms with E-state index in [0.29, 0.717) is 11.8 Å². The number of hydrogen-bond donors (Lipinski definition) is 0. The first-order valence-corrected chi connectivity index (χ1v) is 7.82. The van der Waals surface area contributed by atoms with Gasteiger partial charge in [-0.3, -0.25) is 0 Å². The lowest BCUT2D eigenvalue weighted by molar-refractivity contribution is -0.110. The second-order valence-corrected chi connectivity index (χ2v) is 7.43. The molecule has 1 fully saturated rings. The van der Waals surface area contributed by atoms with Gasteiger partial charge in [-0.05, 0) is 55.4 Å². The Morgan fingerprint density at radius 1 is 1.33 bits per heavy atom. The molecule has 0 aromatic heterocycles. The van der Waals surface area contributed by atoms with Gasteiger partial charge in [0.1, 0.15) is 17.6 Å². The third-order valence-electron chi connectivity index (χ3n) is 4.90. The molecule has 1 aliphatic carbocycles. The van der Waals surface area contributed by atoms with Crippen LogP contribution in [-0.4, -0.2) is 11.9 Å². The molecule has 1 aromatic rings. The van der Waals surface area contributed by atoms with Crippen molar-refractivity contribution in [2.75, 3.05) is 0 Å². The molecule has 2 aliphatic rings. The lowest BCUT2D eigenvalue weighted by Gasteiger charge is -2.33. The maximum Gasteiger partial charge on any atom is 0.130 e. The van der Waals surface area contributed by atoms with Gasteiger partial charge in [0.2, 0.25) is 0 Å². The summed E-state index contributed by atoms with van der Waals surface area (Å²) in [6.07, 6.45) is 4.28. The summed E-state index contributed by atoms with van der Waals surface area (Å²) in [5.74, 6) is 1.81. The van der Waals surface area contributed by atoms with Crippen LogP contribution in [0.15, 0.2) is 24.3 Å². The van der Waals surface area contributed by atoms with Crippen molar-refractivity contribution >= 4 is 11.9 Å². The smallest absolute Gasteiger partial charge is 0.130 e. The largest absolute Gasteiger partial charge is 0.483 e. The number of hydrogen-bond acceptors (Lipinski definition) is 2. The average molecular weight is 284 g/mol. The topological polar surface area (TPSA) is 26.3 Å². The number of carbonyl (C=O) groups excluding carboxylic acids is 1. The van der Waals surface area contributed by atoms with Crippen molar-refractivity contribution in [1.82, 2.24) is 0 Å². The summed E-state index contributed by atoms with van der Waals surface area (Å²) in [6.45, 7) is 10.7. The van der Waals surface area contributed by atoms with Gasteiger partial charge >= 0.3 is 0 Å². The van der Waals surface area contributed by atoms with Crippen molar-refractivity contribution in [2.45, 2.75) is 52.1 Å². The number of ether oxygens (including phenoxy) is 1. The van der Waals surface area contributed by atoms with E-state index in [1.54, 1.807) is 0 Å². The SMILES string of the molecule is CC(C)C1=CC(C)(C)Oc2cc(C3(C=O)CC3C)ccc21. The molecule has 0 amide bonds. The number of aldehydes is 1. The highest BCUT2D eigenvalue weighted by Crippen LogP contribution is 2.54. The Hall–Kier alpha value is -1.57. The van der Waals surface area contributed by atoms with E-state index in [4.69, 9.17) is 4.74 Å². The molecule has 0 radical (unpaired) electrons. The molecule has 1 aromatic carbocycles. The summed E-state index contributed by atoms with van der Waals surface area (Å²) in [7, 11) is 0. The molecule has 3 rings (SSSR count). The second kappa shape index (κ2) is 4.46. The van der Waals surface area contributed by atoms with E-state index in [-0.39, 0.29) is 11.0 Å². The van der Waals surface area contributed by atoms with Crippen LogP contribution in [0.4, 0.5) is 0 Å². The zero-order valence-corrected chi connectivity index (χ0v) is 13.6. The molecule has 0 N–H and O–H groups in total. The Labute approximate surface area is 127 Å². The van der Waals surface area contributed by atoms with Crippen LogP contribution in [0.1, 0.15) is 52.2 Å². The highest BCUT2D eigenvalue weighted by atomic mass is 16.5. The van der Waals surface area contributed by atoms with Gasteiger partial charge in [0.05, 0.1) is 5.41 Å². The van der Waals surface area contributed by atoms with Crippen LogP contribution in [0.3, 0.4) is 0 Å². The van der Waals surface area contributed by atoms with Gasteiger partial charge in [-0.15, -0.1) is 0 Å². The van der Waals surface area contributed by atoms with Gasteiger partial charge in [-0.1, -0.05) is 32.9 Å². The third-order valence-corrected chi connectivity index (χ3v) is 4.90. The summed E-state index contributed by atoms with van der Waals surface area (Å²) in [5, 5.41) is 0. The molecule has 0 saturated heterocycles. The number of rotatable bonds is 3. The molecule has 2 atom stereocenters. The summed E-state index contributed by atoms with van der Waals surface area (Å²) in [4.78, 5) is 11.5. The van der Waals surface area contributed by atoms with Gasteiger partial charge in [0.15, 0.2) is 0 Å². The fourth-order valence-corrected chi connectivity index (χ4v) is 3.46. The molecule has 112 valence electrons. The first-order valence-electron chi connectivity index (χ1n) is 7.82. The van der Waals surface area contributed by atoms with Gasteiger partial charge in [-0.2, -0.15) is 0 Å². The zero-order chi connectivity index (χ0) is 15.4. The van der Waals surface area contributed by atoms with Crippen molar-refractivity contribution in [3.05, 3.63) is 35.4 Å². The number of carbonyl (C=O) groups is 1. The molecule has 2 heteroatoms. The van der Waals surface area contributed by atoms with Crippen molar-refractivity contribution in [1.29, 1.82) is 0 Å². The molecule has 2 nitrogen and oxygen atoms in total. The lowest BCUT2D eigenvalue weighted by atomic mass is 9.85. The van der Waals surface area contributed by atoms with Crippen molar-refractivity contribution in [2.24, 2.45) is 11.8 Å². The fraction of sp³-hybridized carbons (Fsp3) is 0.526. The van der Waals surface area contributed by atoms with E-state index in [1.807, 2.05) is 0 Å². The van der Waals surface area contributed by atoms with Crippen LogP contribution in [0.5, 0.6) is 5.75 Å². The second-order valence-electron chi connectivity index (χ2n) is 7.43. The van der Waals surface area contributed by atoms with Crippen LogP contribution in [0.2, 0.25) is 0 Å². The predicted octanol–water partition coefficient (Wildman–Crippen LogP) is 4.37. The summed E-state index contributed by atoms with van der Waals surface area (Å²) in [5.41, 5.74) is 3.03. The molecule has 0 spiro atoms. The third kappa shape index (κ3) is 2.21. The monoisotopic (exact) mass is 284 g/mol. The van der Waals surface area contributed by atoms with Crippen LogP contribution in [0, 0.1) is 11.8 Å². The highest BCUT2D eigenvalue weighted by molar-refractivity contribution is 5.78. The number of fused-ring (bicyclic) bond motifs is 1. The zero-order valence-electron chi connectivity index (χ0n) is 13.6. The molecule has 0 bridgehead atoms. The highest BCUT2D eigenvalue weighted by Gasteiger charge is 2.52. The van der Waals surface area contributed by atoms with E-state index >= 15 is 0 Å². The van der Waals surface area contributed by atoms with Crippen LogP contribution < -0.4 is 4.74 Å². The maximum atomic E-state index is 11.5. The van der Waals surface area contributed by atoms with Crippen LogP contribution >= 0.6 is 0 Å². The van der Waals surface area contributed by atoms with Gasteiger partial charge in [-0.25, -0.2) is 0 Å². The van der Waals surface area contributed by atoms with Crippen LogP contribution in [0.25, 0.3) is 5.57 Å². The van der Waals surface area contributed by atoms with Gasteiger partial charge < -0.3 is 9.53 Å². The van der Waals surface area contributed by atoms with Gasteiger partial charge in [0.25, 0.3) is 0 Å². The summed E-state index contributed by atoms with van der Waals surface area (Å²) >= 11 is 0. The Morgan fingerprint density at radius 3 is 2.52 bits per heavy atom. The molecule has 1 heterocycles. The van der Waals surface area contributed by atoms with E-state index in [1.165, 1.54) is 11.1 Å². The summed E-state index contributed by atoms with van der Waals surface area (Å²) < 4.78 is 6.15. The van der Waals surface area contributed by atoms with Crippen molar-refractivity contribution in [3.63, 3.8) is 0 Å². The Kier molecular flexibility index (Phi) is 3.05. The van der Waals surface area contributed by atoms with E-state index < -0.39 is 0 Å². The van der Waals surface area contributed by atoms with E-state index in [2.05, 4.69) is 58.9 Å². The van der Waals surface area contributed by atoms with Crippen molar-refractivity contribution in [3.8, 4) is 5.75 Å². The van der Waals surface area contributed by atoms with Gasteiger partial charge in [0, 0.05) is 5.56 Å². The minimum absolute atomic E-state index is 0.276. The van der Waals surface area contributed by atoms with E-state index in [0.717, 1.165) is 24.0 Å².